The van der Waals surface area contributed by atoms with Gasteiger partial charge in [0, 0.05) is 29.8 Å². The number of nitrogens with one attached hydrogen (secondary N) is 2. The lowest BCUT2D eigenvalue weighted by Gasteiger charge is -2.17. The van der Waals surface area contributed by atoms with Gasteiger partial charge < -0.3 is 10.1 Å². The second kappa shape index (κ2) is 11.2. The van der Waals surface area contributed by atoms with E-state index in [9.17, 15) is 9.18 Å². The third-order valence-corrected chi connectivity index (χ3v) is 7.25. The third kappa shape index (κ3) is 6.13. The van der Waals surface area contributed by atoms with Gasteiger partial charge in [-0.3, -0.25) is 14.1 Å². The number of carbonyl (C=O) groups is 1. The van der Waals surface area contributed by atoms with Crippen LogP contribution in [0.3, 0.4) is 0 Å². The Morgan fingerprint density at radius 3 is 2.64 bits per heavy atom. The fraction of sp³-hybridized carbons (Fsp3) is 0.480. The zero-order valence-corrected chi connectivity index (χ0v) is 21.8. The summed E-state index contributed by atoms with van der Waals surface area (Å²) >= 11 is 1.06. The van der Waals surface area contributed by atoms with Gasteiger partial charge in [0.25, 0.3) is 0 Å². The fourth-order valence-corrected chi connectivity index (χ4v) is 4.68. The van der Waals surface area contributed by atoms with Crippen molar-refractivity contribution in [3.63, 3.8) is 0 Å². The molecule has 2 aliphatic rings. The highest BCUT2D eigenvalue weighted by Crippen LogP contribution is 2.45. The van der Waals surface area contributed by atoms with Crippen molar-refractivity contribution in [3.05, 3.63) is 48.3 Å². The van der Waals surface area contributed by atoms with Gasteiger partial charge in [0.05, 0.1) is 5.69 Å². The Morgan fingerprint density at radius 1 is 1.22 bits per heavy atom. The predicted octanol–water partition coefficient (Wildman–Crippen LogP) is 5.34. The van der Waals surface area contributed by atoms with E-state index >= 15 is 0 Å². The van der Waals surface area contributed by atoms with E-state index in [0.29, 0.717) is 22.8 Å². The summed E-state index contributed by atoms with van der Waals surface area (Å²) in [6, 6.07) is 5.25. The molecule has 9 nitrogen and oxygen atoms in total. The molecule has 2 aliphatic carbocycles. The van der Waals surface area contributed by atoms with E-state index in [1.165, 1.54) is 13.0 Å². The van der Waals surface area contributed by atoms with Crippen LogP contribution >= 0.6 is 11.9 Å². The molecule has 0 spiro atoms. The number of rotatable bonds is 8. The zero-order chi connectivity index (χ0) is 25.7. The molecule has 0 aliphatic heterocycles. The van der Waals surface area contributed by atoms with E-state index in [-0.39, 0.29) is 23.2 Å². The number of nitrogens with zero attached hydrogens (tertiary/aromatic N) is 5. The van der Waals surface area contributed by atoms with E-state index in [0.717, 1.165) is 49.6 Å². The van der Waals surface area contributed by atoms with Gasteiger partial charge >= 0.3 is 6.01 Å². The predicted molar refractivity (Wildman–Crippen MR) is 137 cm³/mol. The normalized spacial score (nSPS) is 19.7. The Morgan fingerprint density at radius 2 is 1.97 bits per heavy atom. The molecule has 0 bridgehead atoms. The van der Waals surface area contributed by atoms with Crippen LogP contribution in [0.1, 0.15) is 71.3 Å². The average Bonchev–Trinajstić information content (AvgIpc) is 3.24. The molecule has 2 atom stereocenters. The Labute approximate surface area is 214 Å². The van der Waals surface area contributed by atoms with Gasteiger partial charge in [-0.2, -0.15) is 0 Å². The Kier molecular flexibility index (Phi) is 8.07. The molecule has 2 N–H and O–H groups in total. The van der Waals surface area contributed by atoms with Gasteiger partial charge in [0.1, 0.15) is 18.2 Å². The van der Waals surface area contributed by atoms with Crippen molar-refractivity contribution in [2.45, 2.75) is 82.3 Å². The summed E-state index contributed by atoms with van der Waals surface area (Å²) in [6.45, 7) is 7.60. The van der Waals surface area contributed by atoms with Crippen LogP contribution in [0.2, 0.25) is 0 Å². The van der Waals surface area contributed by atoms with Crippen molar-refractivity contribution in [1.82, 2.24) is 29.5 Å². The smallest absolute Gasteiger partial charge is 0.317 e. The lowest BCUT2D eigenvalue weighted by molar-refractivity contribution is -0.117. The van der Waals surface area contributed by atoms with Gasteiger partial charge in [-0.1, -0.05) is 18.9 Å². The topological polar surface area (TPSA) is 107 Å². The van der Waals surface area contributed by atoms with Crippen molar-refractivity contribution < 1.29 is 13.9 Å². The number of anilines is 2. The third-order valence-electron chi connectivity index (χ3n) is 6.37. The van der Waals surface area contributed by atoms with Crippen LogP contribution in [0.4, 0.5) is 16.0 Å². The molecule has 2 heterocycles. The average molecular weight is 514 g/mol. The molecule has 1 aromatic carbocycles. The standard InChI is InChI=1S/C23H26FN7O2S.C2H6/c1-14(32)30-34-18-5-6-20(19(24)10-18)28-21-25-11-16(12-26-21)15-3-4-17(9-15)33-22-29-27-13-31(22)23(2)7-8-23;1-2/h5-6,10-13,15,17H,3-4,7-9H2,1-2H3,(H,30,32)(H,25,26,28);1-2H3. The molecule has 0 radical (unpaired) electrons. The first kappa shape index (κ1) is 25.9. The molecule has 3 aromatic rings. The van der Waals surface area contributed by atoms with E-state index < -0.39 is 5.82 Å². The van der Waals surface area contributed by atoms with E-state index in [4.69, 9.17) is 4.74 Å². The van der Waals surface area contributed by atoms with Crippen LogP contribution in [-0.2, 0) is 10.3 Å². The van der Waals surface area contributed by atoms with Crippen LogP contribution in [0.25, 0.3) is 0 Å². The molecule has 2 saturated carbocycles. The Hall–Kier alpha value is -3.21. The maximum Gasteiger partial charge on any atom is 0.317 e. The highest BCUT2D eigenvalue weighted by atomic mass is 32.2. The van der Waals surface area contributed by atoms with Crippen molar-refractivity contribution >= 4 is 29.5 Å². The molecule has 192 valence electrons. The summed E-state index contributed by atoms with van der Waals surface area (Å²) in [5.41, 5.74) is 1.40. The van der Waals surface area contributed by atoms with E-state index in [2.05, 4.69) is 37.1 Å². The number of hydrogen-bond acceptors (Lipinski definition) is 8. The minimum absolute atomic E-state index is 0.0797. The van der Waals surface area contributed by atoms with Crippen molar-refractivity contribution in [2.75, 3.05) is 5.32 Å². The second-order valence-corrected chi connectivity index (χ2v) is 9.98. The van der Waals surface area contributed by atoms with Crippen LogP contribution in [0.5, 0.6) is 6.01 Å². The number of benzene rings is 1. The lowest BCUT2D eigenvalue weighted by atomic mass is 10.0. The summed E-state index contributed by atoms with van der Waals surface area (Å²) in [4.78, 5) is 20.4. The van der Waals surface area contributed by atoms with E-state index in [1.54, 1.807) is 30.9 Å². The van der Waals surface area contributed by atoms with Gasteiger partial charge in [0.15, 0.2) is 0 Å². The van der Waals surface area contributed by atoms with Crippen molar-refractivity contribution in [2.24, 2.45) is 0 Å². The maximum atomic E-state index is 14.4. The molecule has 2 aromatic heterocycles. The minimum Gasteiger partial charge on any atom is -0.460 e. The Balaban J connectivity index is 0.00000148. The largest absolute Gasteiger partial charge is 0.460 e. The van der Waals surface area contributed by atoms with Crippen LogP contribution < -0.4 is 14.8 Å². The van der Waals surface area contributed by atoms with Gasteiger partial charge in [-0.15, -0.1) is 5.10 Å². The molecule has 0 saturated heterocycles. The van der Waals surface area contributed by atoms with Crippen LogP contribution in [0.15, 0.2) is 41.8 Å². The van der Waals surface area contributed by atoms with E-state index in [1.807, 2.05) is 18.4 Å². The number of amides is 1. The van der Waals surface area contributed by atoms with Crippen molar-refractivity contribution in [3.8, 4) is 6.01 Å². The monoisotopic (exact) mass is 513 g/mol. The first-order valence-electron chi connectivity index (χ1n) is 12.3. The van der Waals surface area contributed by atoms with Crippen LogP contribution in [-0.4, -0.2) is 36.7 Å². The van der Waals surface area contributed by atoms with Gasteiger partial charge in [-0.25, -0.2) is 14.4 Å². The summed E-state index contributed by atoms with van der Waals surface area (Å²) < 4.78 is 25.2. The first-order valence-corrected chi connectivity index (χ1v) is 13.1. The molecular weight excluding hydrogens is 481 g/mol. The number of hydrogen-bond donors (Lipinski definition) is 2. The molecule has 1 amide bonds. The molecular formula is C25H32FN7O2S. The van der Waals surface area contributed by atoms with Crippen LogP contribution in [0, 0.1) is 5.82 Å². The summed E-state index contributed by atoms with van der Waals surface area (Å²) in [5, 5.41) is 11.1. The summed E-state index contributed by atoms with van der Waals surface area (Å²) in [7, 11) is 0. The summed E-state index contributed by atoms with van der Waals surface area (Å²) in [5.74, 6) is -0.0286. The molecule has 36 heavy (non-hydrogen) atoms. The molecule has 2 unspecified atom stereocenters. The molecule has 2 fully saturated rings. The SMILES string of the molecule is CC.CC(=O)NSc1ccc(Nc2ncc(C3CCC(Oc4nncn4C4(C)CC4)C3)cn2)c(F)c1. The highest BCUT2D eigenvalue weighted by Gasteiger charge is 2.42. The fourth-order valence-electron chi connectivity index (χ4n) is 4.12. The number of aromatic nitrogens is 5. The quantitative estimate of drug-likeness (QED) is 0.389. The van der Waals surface area contributed by atoms with Gasteiger partial charge in [0.2, 0.25) is 11.9 Å². The first-order chi connectivity index (χ1) is 17.4. The number of ether oxygens (including phenoxy) is 1. The Bertz CT molecular complexity index is 1180. The number of carbonyl (C=O) groups excluding carboxylic acids is 1. The lowest BCUT2D eigenvalue weighted by Crippen LogP contribution is -2.19. The van der Waals surface area contributed by atoms with Gasteiger partial charge in [-0.05, 0) is 80.7 Å². The molecule has 5 rings (SSSR count). The zero-order valence-electron chi connectivity index (χ0n) is 21.0. The number of halogens is 1. The molecule has 11 heteroatoms. The van der Waals surface area contributed by atoms with Crippen molar-refractivity contribution in [1.29, 1.82) is 0 Å². The second-order valence-electron chi connectivity index (χ2n) is 9.10. The summed E-state index contributed by atoms with van der Waals surface area (Å²) in [6.07, 6.45) is 10.4. The maximum absolute atomic E-state index is 14.4. The highest BCUT2D eigenvalue weighted by molar-refractivity contribution is 7.98. The minimum atomic E-state index is -0.452.